The van der Waals surface area contributed by atoms with E-state index in [1.165, 1.54) is 44.5 Å². The van der Waals surface area contributed by atoms with Crippen molar-refractivity contribution in [1.29, 1.82) is 0 Å². The van der Waals surface area contributed by atoms with E-state index >= 15 is 0 Å². The first kappa shape index (κ1) is 52.9. The van der Waals surface area contributed by atoms with E-state index in [1.807, 2.05) is 54.9 Å². The Morgan fingerprint density at radius 1 is 0.274 bits per heavy atom. The van der Waals surface area contributed by atoms with Crippen LogP contribution in [0.3, 0.4) is 0 Å². The summed E-state index contributed by atoms with van der Waals surface area (Å²) in [6.07, 6.45) is 15.1. The van der Waals surface area contributed by atoms with Gasteiger partial charge in [-0.3, -0.25) is 15.0 Å². The van der Waals surface area contributed by atoms with Crippen LogP contribution in [0.2, 0.25) is 0 Å². The van der Waals surface area contributed by atoms with Crippen molar-refractivity contribution in [2.45, 2.75) is 53.4 Å². The van der Waals surface area contributed by atoms with Crippen LogP contribution in [0, 0.1) is 0 Å². The summed E-state index contributed by atoms with van der Waals surface area (Å²) in [5.74, 6) is 0. The number of para-hydroxylation sites is 4. The van der Waals surface area contributed by atoms with Crippen LogP contribution in [0.5, 0.6) is 0 Å². The van der Waals surface area contributed by atoms with Gasteiger partial charge in [-0.15, -0.1) is 0 Å². The van der Waals surface area contributed by atoms with Crippen LogP contribution in [0.4, 0.5) is 0 Å². The molecule has 0 aliphatic rings. The van der Waals surface area contributed by atoms with Crippen LogP contribution in [-0.2, 0) is 25.7 Å². The van der Waals surface area contributed by atoms with Gasteiger partial charge in [0.05, 0.1) is 6.20 Å². The molecule has 0 radical (unpaired) electrons. The standard InChI is InChI=1S/4C19H15NO/c1-2-13-8-10-14(11-9-13)15-5-3-6-16-17-7-4-12-20-19(17)21-18(15)16;1-2-13-6-8-14(9-7-13)15-4-3-5-17-16-10-11-20-12-18(16)21-19(15)17;1-2-13-6-8-14(9-7-13)15-4-3-5-16-17-12-20-11-10-18(17)21-19(15)16;1-2-13-7-9-14(10-8-13)15-11-12-20-18-16-5-3-4-6-17(16)21-19(15)18/h4*3-12H,2H2,1H3. The van der Waals surface area contributed by atoms with E-state index in [9.17, 15) is 0 Å². The Labute approximate surface area is 486 Å². The number of hydrogen-bond donors (Lipinski definition) is 0. The Morgan fingerprint density at radius 3 is 1.26 bits per heavy atom. The van der Waals surface area contributed by atoms with Gasteiger partial charge in [-0.05, 0) is 113 Å². The van der Waals surface area contributed by atoms with Gasteiger partial charge < -0.3 is 17.7 Å². The largest absolute Gasteiger partial charge is 0.455 e. The third kappa shape index (κ3) is 10.3. The van der Waals surface area contributed by atoms with Gasteiger partial charge in [0, 0.05) is 90.9 Å². The molecule has 0 fully saturated rings. The van der Waals surface area contributed by atoms with E-state index in [2.05, 4.69) is 211 Å². The Kier molecular flexibility index (Phi) is 14.8. The number of hydrogen-bond acceptors (Lipinski definition) is 8. The molecule has 0 saturated carbocycles. The van der Waals surface area contributed by atoms with Gasteiger partial charge in [0.1, 0.15) is 33.4 Å². The van der Waals surface area contributed by atoms with E-state index in [0.29, 0.717) is 5.71 Å². The molecule has 8 nitrogen and oxygen atoms in total. The first-order chi connectivity index (χ1) is 41.5. The maximum absolute atomic E-state index is 6.05. The molecule has 84 heavy (non-hydrogen) atoms. The zero-order valence-electron chi connectivity index (χ0n) is 47.3. The van der Waals surface area contributed by atoms with Crippen LogP contribution in [0.15, 0.2) is 261 Å². The molecule has 0 atom stereocenters. The maximum Gasteiger partial charge on any atom is 0.227 e. The van der Waals surface area contributed by atoms with E-state index < -0.39 is 0 Å². The van der Waals surface area contributed by atoms with Crippen molar-refractivity contribution >= 4 is 88.0 Å². The van der Waals surface area contributed by atoms with E-state index in [1.54, 1.807) is 24.8 Å². The molecule has 0 N–H and O–H groups in total. The average Bonchev–Trinajstić information content (AvgIpc) is 3.44. The fourth-order valence-corrected chi connectivity index (χ4v) is 11.1. The number of nitrogens with zero attached hydrogens (tertiary/aromatic N) is 4. The summed E-state index contributed by atoms with van der Waals surface area (Å²) in [7, 11) is 0. The minimum atomic E-state index is 0.699. The highest BCUT2D eigenvalue weighted by Gasteiger charge is 2.16. The van der Waals surface area contributed by atoms with Crippen LogP contribution in [0.25, 0.3) is 133 Å². The normalized spacial score (nSPS) is 11.3. The van der Waals surface area contributed by atoms with Gasteiger partial charge in [-0.1, -0.05) is 191 Å². The van der Waals surface area contributed by atoms with E-state index in [-0.39, 0.29) is 0 Å². The molecule has 0 aliphatic heterocycles. The summed E-state index contributed by atoms with van der Waals surface area (Å²) in [5, 5.41) is 7.71. The molecule has 16 rings (SSSR count). The van der Waals surface area contributed by atoms with Gasteiger partial charge in [0.15, 0.2) is 11.2 Å². The molecule has 8 aromatic carbocycles. The summed E-state index contributed by atoms with van der Waals surface area (Å²) in [5.41, 5.74) is 22.5. The fraction of sp³-hybridized carbons (Fsp3) is 0.105. The molecule has 0 saturated heterocycles. The molecule has 8 aromatic heterocycles. The van der Waals surface area contributed by atoms with Crippen LogP contribution < -0.4 is 0 Å². The summed E-state index contributed by atoms with van der Waals surface area (Å²) in [4.78, 5) is 17.1. The molecule has 8 heterocycles. The van der Waals surface area contributed by atoms with Crippen molar-refractivity contribution in [2.75, 3.05) is 0 Å². The van der Waals surface area contributed by atoms with Gasteiger partial charge >= 0.3 is 0 Å². The monoisotopic (exact) mass is 1090 g/mol. The highest BCUT2D eigenvalue weighted by molar-refractivity contribution is 6.11. The molecule has 8 heteroatoms. The number of pyridine rings is 4. The number of fused-ring (bicyclic) bond motifs is 12. The Bertz CT molecular complexity index is 4310. The van der Waals surface area contributed by atoms with Crippen molar-refractivity contribution in [3.63, 3.8) is 0 Å². The van der Waals surface area contributed by atoms with Crippen molar-refractivity contribution in [1.82, 2.24) is 19.9 Å². The minimum absolute atomic E-state index is 0.699. The molecule has 0 aliphatic carbocycles. The number of benzene rings is 8. The number of furan rings is 4. The molecule has 0 unspecified atom stereocenters. The minimum Gasteiger partial charge on any atom is -0.455 e. The molecule has 408 valence electrons. The quantitative estimate of drug-likeness (QED) is 0.148. The highest BCUT2D eigenvalue weighted by atomic mass is 16.3. The summed E-state index contributed by atoms with van der Waals surface area (Å²) < 4.78 is 24.1. The first-order valence-corrected chi connectivity index (χ1v) is 28.9. The molecule has 0 bridgehead atoms. The summed E-state index contributed by atoms with van der Waals surface area (Å²) in [6, 6.07) is 71.5. The molecular weight excluding hydrogens is 1030 g/mol. The predicted octanol–water partition coefficient (Wildman–Crippen LogP) is 20.8. The van der Waals surface area contributed by atoms with Gasteiger partial charge in [-0.25, -0.2) is 4.98 Å². The Morgan fingerprint density at radius 2 is 0.702 bits per heavy atom. The predicted molar refractivity (Wildman–Crippen MR) is 345 cm³/mol. The van der Waals surface area contributed by atoms with E-state index in [4.69, 9.17) is 17.7 Å². The Hall–Kier alpha value is -10.4. The van der Waals surface area contributed by atoms with Crippen molar-refractivity contribution in [3.05, 3.63) is 266 Å². The molecular formula is C76H60N4O4. The van der Waals surface area contributed by atoms with Crippen molar-refractivity contribution in [3.8, 4) is 44.5 Å². The highest BCUT2D eigenvalue weighted by Crippen LogP contribution is 2.39. The van der Waals surface area contributed by atoms with Crippen molar-refractivity contribution < 1.29 is 17.7 Å². The van der Waals surface area contributed by atoms with Crippen LogP contribution in [-0.4, -0.2) is 19.9 Å². The molecule has 0 spiro atoms. The first-order valence-electron chi connectivity index (χ1n) is 28.9. The van der Waals surface area contributed by atoms with Crippen LogP contribution in [0.1, 0.15) is 49.9 Å². The molecule has 0 amide bonds. The van der Waals surface area contributed by atoms with Crippen LogP contribution >= 0.6 is 0 Å². The third-order valence-electron chi connectivity index (χ3n) is 15.8. The number of aromatic nitrogens is 4. The second-order valence-electron chi connectivity index (χ2n) is 20.8. The lowest BCUT2D eigenvalue weighted by Crippen LogP contribution is -1.83. The lowest BCUT2D eigenvalue weighted by atomic mass is 10.0. The maximum atomic E-state index is 6.05. The lowest BCUT2D eigenvalue weighted by molar-refractivity contribution is 0.655. The van der Waals surface area contributed by atoms with Crippen molar-refractivity contribution in [2.24, 2.45) is 0 Å². The molecule has 16 aromatic rings. The van der Waals surface area contributed by atoms with Gasteiger partial charge in [0.2, 0.25) is 5.71 Å². The Balaban J connectivity index is 0.000000104. The summed E-state index contributed by atoms with van der Waals surface area (Å²) in [6.45, 7) is 8.67. The SMILES string of the molecule is CCc1ccc(-c2cccc3c2oc2ccncc23)cc1.CCc1ccc(-c2cccc3c2oc2cnccc23)cc1.CCc1ccc(-c2cccc3c2oc2ncccc23)cc1.CCc1ccc(-c2ccnc3c2oc2ccccc23)cc1. The van der Waals surface area contributed by atoms with Gasteiger partial charge in [0.25, 0.3) is 0 Å². The third-order valence-corrected chi connectivity index (χ3v) is 15.8. The van der Waals surface area contributed by atoms with Gasteiger partial charge in [-0.2, -0.15) is 0 Å². The fourth-order valence-electron chi connectivity index (χ4n) is 11.1. The average molecular weight is 1090 g/mol. The zero-order chi connectivity index (χ0) is 56.9. The second-order valence-corrected chi connectivity index (χ2v) is 20.8. The topological polar surface area (TPSA) is 104 Å². The zero-order valence-corrected chi connectivity index (χ0v) is 47.3. The number of aryl methyl sites for hydroxylation is 4. The summed E-state index contributed by atoms with van der Waals surface area (Å²) >= 11 is 0. The smallest absolute Gasteiger partial charge is 0.227 e. The second kappa shape index (κ2) is 23.6. The lowest BCUT2D eigenvalue weighted by Gasteiger charge is -2.04. The number of rotatable bonds is 8. The van der Waals surface area contributed by atoms with E-state index in [0.717, 1.165) is 130 Å².